The van der Waals surface area contributed by atoms with E-state index in [4.69, 9.17) is 17.4 Å². The Morgan fingerprint density at radius 3 is 2.36 bits per heavy atom. The molecule has 0 saturated carbocycles. The van der Waals surface area contributed by atoms with Crippen LogP contribution in [-0.4, -0.2) is 6.41 Å². The molecule has 0 heterocycles. The second kappa shape index (κ2) is 3.37. The van der Waals surface area contributed by atoms with Gasteiger partial charge in [0.1, 0.15) is 0 Å². The van der Waals surface area contributed by atoms with E-state index >= 15 is 0 Å². The molecule has 11 heavy (non-hydrogen) atoms. The molecule has 4 heteroatoms. The molecule has 0 aliphatic rings. The summed E-state index contributed by atoms with van der Waals surface area (Å²) in [7, 11) is 0. The van der Waals surface area contributed by atoms with Crippen LogP contribution in [0.4, 0.5) is 5.69 Å². The van der Waals surface area contributed by atoms with E-state index in [1.807, 2.05) is 0 Å². The SMILES string of the molecule is NN(C=O)c1ccc(Cl)cc1. The Morgan fingerprint density at radius 1 is 1.36 bits per heavy atom. The third kappa shape index (κ3) is 1.93. The predicted octanol–water partition coefficient (Wildman–Crippen LogP) is 1.18. The number of rotatable bonds is 2. The lowest BCUT2D eigenvalue weighted by Gasteiger charge is -2.08. The van der Waals surface area contributed by atoms with Gasteiger partial charge in [0.05, 0.1) is 5.69 Å². The molecular formula is C7H7ClN2O. The minimum Gasteiger partial charge on any atom is -0.277 e. The monoisotopic (exact) mass is 170 g/mol. The van der Waals surface area contributed by atoms with Crippen LogP contribution in [0.1, 0.15) is 0 Å². The van der Waals surface area contributed by atoms with E-state index in [-0.39, 0.29) is 0 Å². The van der Waals surface area contributed by atoms with Crippen LogP contribution in [0.25, 0.3) is 0 Å². The van der Waals surface area contributed by atoms with E-state index in [0.29, 0.717) is 17.1 Å². The maximum atomic E-state index is 10.2. The summed E-state index contributed by atoms with van der Waals surface area (Å²) in [6, 6.07) is 6.66. The van der Waals surface area contributed by atoms with E-state index in [9.17, 15) is 4.79 Å². The van der Waals surface area contributed by atoms with Crippen molar-refractivity contribution in [3.05, 3.63) is 29.3 Å². The molecule has 0 fully saturated rings. The minimum atomic E-state index is 0.531. The molecule has 1 rings (SSSR count). The van der Waals surface area contributed by atoms with Gasteiger partial charge in [0.25, 0.3) is 0 Å². The van der Waals surface area contributed by atoms with Crippen molar-refractivity contribution >= 4 is 23.7 Å². The number of nitrogens with zero attached hydrogens (tertiary/aromatic N) is 1. The average Bonchev–Trinajstić information content (AvgIpc) is 2.05. The Kier molecular flexibility index (Phi) is 2.46. The van der Waals surface area contributed by atoms with Crippen LogP contribution in [0.2, 0.25) is 5.02 Å². The Bertz CT molecular complexity index is 247. The molecule has 0 saturated heterocycles. The molecule has 0 unspecified atom stereocenters. The molecule has 0 aliphatic carbocycles. The summed E-state index contributed by atoms with van der Waals surface area (Å²) in [5.74, 6) is 5.27. The maximum Gasteiger partial charge on any atom is 0.228 e. The van der Waals surface area contributed by atoms with E-state index < -0.39 is 0 Å². The molecular weight excluding hydrogens is 164 g/mol. The van der Waals surface area contributed by atoms with Crippen LogP contribution < -0.4 is 10.9 Å². The summed E-state index contributed by atoms with van der Waals surface area (Å²) >= 11 is 5.61. The number of benzene rings is 1. The van der Waals surface area contributed by atoms with Gasteiger partial charge in [0, 0.05) is 5.02 Å². The first-order valence-electron chi connectivity index (χ1n) is 2.99. The second-order valence-electron chi connectivity index (χ2n) is 1.99. The highest BCUT2D eigenvalue weighted by molar-refractivity contribution is 6.30. The standard InChI is InChI=1S/C7H7ClN2O/c8-6-1-3-7(4-2-6)10(9)5-11/h1-5H,9H2. The number of halogens is 1. The molecule has 0 bridgehead atoms. The van der Waals surface area contributed by atoms with Gasteiger partial charge in [0.2, 0.25) is 6.41 Å². The highest BCUT2D eigenvalue weighted by Crippen LogP contribution is 2.14. The molecule has 2 N–H and O–H groups in total. The van der Waals surface area contributed by atoms with Crippen LogP contribution in [0.3, 0.4) is 0 Å². The highest BCUT2D eigenvalue weighted by atomic mass is 35.5. The predicted molar refractivity (Wildman–Crippen MR) is 44.2 cm³/mol. The summed E-state index contributed by atoms with van der Waals surface area (Å²) in [5, 5.41) is 1.60. The second-order valence-corrected chi connectivity index (χ2v) is 2.43. The van der Waals surface area contributed by atoms with Crippen LogP contribution in [0, 0.1) is 0 Å². The normalized spacial score (nSPS) is 9.27. The first-order chi connectivity index (χ1) is 5.24. The fourth-order valence-electron chi connectivity index (χ4n) is 0.674. The number of carbonyl (C=O) groups excluding carboxylic acids is 1. The van der Waals surface area contributed by atoms with Crippen molar-refractivity contribution in [1.82, 2.24) is 0 Å². The van der Waals surface area contributed by atoms with Crippen molar-refractivity contribution in [2.75, 3.05) is 5.01 Å². The molecule has 0 spiro atoms. The fraction of sp³-hybridized carbons (Fsp3) is 0. The van der Waals surface area contributed by atoms with Crippen molar-refractivity contribution in [2.45, 2.75) is 0 Å². The molecule has 1 aromatic carbocycles. The van der Waals surface area contributed by atoms with Crippen molar-refractivity contribution in [1.29, 1.82) is 0 Å². The van der Waals surface area contributed by atoms with Gasteiger partial charge in [-0.1, -0.05) is 11.6 Å². The molecule has 0 aliphatic heterocycles. The van der Waals surface area contributed by atoms with Gasteiger partial charge in [-0.25, -0.2) is 5.84 Å². The molecule has 0 atom stereocenters. The number of nitrogens with two attached hydrogens (primary N) is 1. The first kappa shape index (κ1) is 8.04. The zero-order valence-electron chi connectivity index (χ0n) is 5.70. The van der Waals surface area contributed by atoms with Gasteiger partial charge >= 0.3 is 0 Å². The van der Waals surface area contributed by atoms with Crippen molar-refractivity contribution in [3.63, 3.8) is 0 Å². The van der Waals surface area contributed by atoms with E-state index in [2.05, 4.69) is 0 Å². The number of hydrogen-bond acceptors (Lipinski definition) is 2. The van der Waals surface area contributed by atoms with E-state index in [1.54, 1.807) is 24.3 Å². The van der Waals surface area contributed by atoms with Gasteiger partial charge in [-0.15, -0.1) is 0 Å². The number of anilines is 1. The first-order valence-corrected chi connectivity index (χ1v) is 3.36. The van der Waals surface area contributed by atoms with Crippen molar-refractivity contribution < 1.29 is 4.79 Å². The Hall–Kier alpha value is -1.06. The van der Waals surface area contributed by atoms with E-state index in [0.717, 1.165) is 5.01 Å². The van der Waals surface area contributed by atoms with Crippen LogP contribution >= 0.6 is 11.6 Å². The lowest BCUT2D eigenvalue weighted by molar-refractivity contribution is -0.107. The van der Waals surface area contributed by atoms with Gasteiger partial charge in [-0.3, -0.25) is 9.80 Å². The summed E-state index contributed by atoms with van der Waals surface area (Å²) < 4.78 is 0. The fourth-order valence-corrected chi connectivity index (χ4v) is 0.800. The van der Waals surface area contributed by atoms with Crippen LogP contribution in [-0.2, 0) is 4.79 Å². The Labute approximate surface area is 69.3 Å². The topological polar surface area (TPSA) is 46.3 Å². The summed E-state index contributed by atoms with van der Waals surface area (Å²) in [6.07, 6.45) is 0.531. The summed E-state index contributed by atoms with van der Waals surface area (Å²) in [5.41, 5.74) is 0.615. The Morgan fingerprint density at radius 2 is 1.91 bits per heavy atom. The van der Waals surface area contributed by atoms with Crippen LogP contribution in [0.15, 0.2) is 24.3 Å². The van der Waals surface area contributed by atoms with Gasteiger partial charge in [-0.05, 0) is 24.3 Å². The minimum absolute atomic E-state index is 0.531. The highest BCUT2D eigenvalue weighted by Gasteiger charge is 1.96. The lowest BCUT2D eigenvalue weighted by atomic mass is 10.3. The van der Waals surface area contributed by atoms with Crippen LogP contribution in [0.5, 0.6) is 0 Å². The quantitative estimate of drug-likeness (QED) is 0.314. The summed E-state index contributed by atoms with van der Waals surface area (Å²) in [6.45, 7) is 0. The van der Waals surface area contributed by atoms with E-state index in [1.165, 1.54) is 0 Å². The van der Waals surface area contributed by atoms with Gasteiger partial charge < -0.3 is 0 Å². The number of amides is 1. The maximum absolute atomic E-state index is 10.2. The third-order valence-electron chi connectivity index (χ3n) is 1.24. The molecule has 1 aromatic rings. The lowest BCUT2D eigenvalue weighted by Crippen LogP contribution is -2.28. The van der Waals surface area contributed by atoms with Gasteiger partial charge in [0.15, 0.2) is 0 Å². The zero-order valence-corrected chi connectivity index (χ0v) is 6.45. The molecule has 3 nitrogen and oxygen atoms in total. The molecule has 0 radical (unpaired) electrons. The number of hydrazine groups is 1. The molecule has 1 amide bonds. The van der Waals surface area contributed by atoms with Crippen molar-refractivity contribution in [3.8, 4) is 0 Å². The third-order valence-corrected chi connectivity index (χ3v) is 1.49. The summed E-state index contributed by atoms with van der Waals surface area (Å²) in [4.78, 5) is 10.2. The molecule has 58 valence electrons. The number of hydrogen-bond donors (Lipinski definition) is 1. The zero-order chi connectivity index (χ0) is 8.27. The smallest absolute Gasteiger partial charge is 0.228 e. The average molecular weight is 171 g/mol. The van der Waals surface area contributed by atoms with Gasteiger partial charge in [-0.2, -0.15) is 0 Å². The largest absolute Gasteiger partial charge is 0.277 e. The molecule has 0 aromatic heterocycles. The number of carbonyl (C=O) groups is 1. The Balaban J connectivity index is 2.89. The van der Waals surface area contributed by atoms with Crippen molar-refractivity contribution in [2.24, 2.45) is 5.84 Å².